The second-order valence-corrected chi connectivity index (χ2v) is 5.60. The molecule has 18 heavy (non-hydrogen) atoms. The summed E-state index contributed by atoms with van der Waals surface area (Å²) in [4.78, 5) is 36.2. The maximum atomic E-state index is 12.0. The van der Waals surface area contributed by atoms with Crippen LogP contribution in [0.2, 0.25) is 0 Å². The van der Waals surface area contributed by atoms with Crippen molar-refractivity contribution < 1.29 is 14.4 Å². The van der Waals surface area contributed by atoms with E-state index in [0.717, 1.165) is 6.42 Å². The molecule has 102 valence electrons. The van der Waals surface area contributed by atoms with Crippen LogP contribution in [-0.4, -0.2) is 53.1 Å². The molecule has 1 N–H and O–H groups in total. The van der Waals surface area contributed by atoms with Crippen molar-refractivity contribution in [2.45, 2.75) is 38.0 Å². The maximum Gasteiger partial charge on any atom is 0.242 e. The highest BCUT2D eigenvalue weighted by molar-refractivity contribution is 8.00. The van der Waals surface area contributed by atoms with Crippen LogP contribution in [0.4, 0.5) is 0 Å². The minimum atomic E-state index is -0.320. The molecule has 1 fully saturated rings. The van der Waals surface area contributed by atoms with Crippen molar-refractivity contribution in [2.75, 3.05) is 19.3 Å². The highest BCUT2D eigenvalue weighted by Crippen LogP contribution is 2.25. The lowest BCUT2D eigenvalue weighted by Gasteiger charge is -2.15. The SMILES string of the molecule is CCCN1C(=O)CC(SC[C@H](NC)C(C)=O)C1=O. The smallest absolute Gasteiger partial charge is 0.242 e. The van der Waals surface area contributed by atoms with E-state index in [-0.39, 0.29) is 35.3 Å². The van der Waals surface area contributed by atoms with Crippen molar-refractivity contribution in [3.8, 4) is 0 Å². The van der Waals surface area contributed by atoms with E-state index < -0.39 is 0 Å². The van der Waals surface area contributed by atoms with Crippen LogP contribution in [0.1, 0.15) is 26.7 Å². The Balaban J connectivity index is 2.52. The first kappa shape index (κ1) is 15.2. The van der Waals surface area contributed by atoms with Crippen LogP contribution >= 0.6 is 11.8 Å². The predicted molar refractivity (Wildman–Crippen MR) is 71.4 cm³/mol. The Hall–Kier alpha value is -0.880. The summed E-state index contributed by atoms with van der Waals surface area (Å²) in [5, 5.41) is 2.59. The quantitative estimate of drug-likeness (QED) is 0.681. The fraction of sp³-hybridized carbons (Fsp3) is 0.750. The molecule has 1 heterocycles. The van der Waals surface area contributed by atoms with Gasteiger partial charge in [-0.25, -0.2) is 0 Å². The van der Waals surface area contributed by atoms with E-state index in [9.17, 15) is 14.4 Å². The lowest BCUT2D eigenvalue weighted by molar-refractivity contribution is -0.138. The number of nitrogens with zero attached hydrogens (tertiary/aromatic N) is 1. The number of amides is 2. The fourth-order valence-corrected chi connectivity index (χ4v) is 3.21. The second kappa shape index (κ2) is 6.89. The van der Waals surface area contributed by atoms with Crippen LogP contribution in [0, 0.1) is 0 Å². The van der Waals surface area contributed by atoms with Crippen LogP contribution < -0.4 is 5.32 Å². The van der Waals surface area contributed by atoms with E-state index in [4.69, 9.17) is 0 Å². The second-order valence-electron chi connectivity index (χ2n) is 4.36. The van der Waals surface area contributed by atoms with E-state index in [2.05, 4.69) is 5.32 Å². The zero-order valence-corrected chi connectivity index (χ0v) is 11.9. The minimum Gasteiger partial charge on any atom is -0.310 e. The summed E-state index contributed by atoms with van der Waals surface area (Å²) in [6.45, 7) is 3.96. The normalized spacial score (nSPS) is 21.5. The molecule has 1 unspecified atom stereocenters. The van der Waals surface area contributed by atoms with Gasteiger partial charge in [-0.05, 0) is 20.4 Å². The Morgan fingerprint density at radius 2 is 2.22 bits per heavy atom. The molecule has 6 heteroatoms. The van der Waals surface area contributed by atoms with Crippen molar-refractivity contribution in [2.24, 2.45) is 0 Å². The minimum absolute atomic E-state index is 0.0483. The number of likely N-dealkylation sites (tertiary alicyclic amines) is 1. The Labute approximate surface area is 112 Å². The average molecular weight is 272 g/mol. The standard InChI is InChI=1S/C12H20N2O3S/c1-4-5-14-11(16)6-10(12(14)17)18-7-9(13-3)8(2)15/h9-10,13H,4-7H2,1-3H3/t9-,10?/m0/s1. The summed E-state index contributed by atoms with van der Waals surface area (Å²) >= 11 is 1.39. The van der Waals surface area contributed by atoms with Crippen LogP contribution in [-0.2, 0) is 14.4 Å². The molecule has 1 aliphatic rings. The number of hydrogen-bond acceptors (Lipinski definition) is 5. The number of Topliss-reactive ketones (excluding diaryl/α,β-unsaturated/α-hetero) is 1. The number of carbonyl (C=O) groups excluding carboxylic acids is 3. The summed E-state index contributed by atoms with van der Waals surface area (Å²) in [7, 11) is 1.72. The molecular formula is C12H20N2O3S. The first-order chi connectivity index (χ1) is 8.51. The predicted octanol–water partition coefficient (Wildman–Crippen LogP) is 0.434. The van der Waals surface area contributed by atoms with Crippen molar-refractivity contribution in [1.82, 2.24) is 10.2 Å². The number of carbonyl (C=O) groups is 3. The van der Waals surface area contributed by atoms with Crippen molar-refractivity contribution >= 4 is 29.4 Å². The first-order valence-corrected chi connectivity index (χ1v) is 7.19. The van der Waals surface area contributed by atoms with Gasteiger partial charge in [-0.2, -0.15) is 0 Å². The first-order valence-electron chi connectivity index (χ1n) is 6.14. The monoisotopic (exact) mass is 272 g/mol. The van der Waals surface area contributed by atoms with Gasteiger partial charge in [0.2, 0.25) is 11.8 Å². The molecule has 0 aromatic carbocycles. The van der Waals surface area contributed by atoms with Crippen molar-refractivity contribution in [3.63, 3.8) is 0 Å². The number of ketones is 1. The molecule has 0 saturated carbocycles. The molecule has 1 rings (SSSR count). The molecule has 0 bridgehead atoms. The van der Waals surface area contributed by atoms with Crippen LogP contribution in [0.5, 0.6) is 0 Å². The van der Waals surface area contributed by atoms with E-state index in [0.29, 0.717) is 12.3 Å². The fourth-order valence-electron chi connectivity index (χ4n) is 1.86. The van der Waals surface area contributed by atoms with Gasteiger partial charge in [0.15, 0.2) is 0 Å². The van der Waals surface area contributed by atoms with Gasteiger partial charge in [-0.15, -0.1) is 11.8 Å². The molecule has 2 amide bonds. The number of likely N-dealkylation sites (N-methyl/N-ethyl adjacent to an activating group) is 1. The molecule has 0 radical (unpaired) electrons. The Kier molecular flexibility index (Phi) is 5.81. The molecule has 1 saturated heterocycles. The Morgan fingerprint density at radius 3 is 2.72 bits per heavy atom. The Bertz CT molecular complexity index is 346. The molecule has 0 aliphatic carbocycles. The third-order valence-electron chi connectivity index (χ3n) is 2.95. The molecule has 1 aliphatic heterocycles. The lowest BCUT2D eigenvalue weighted by Crippen LogP contribution is -2.36. The number of thioether (sulfide) groups is 1. The van der Waals surface area contributed by atoms with Gasteiger partial charge in [0.25, 0.3) is 0 Å². The zero-order valence-electron chi connectivity index (χ0n) is 11.1. The number of hydrogen-bond donors (Lipinski definition) is 1. The third-order valence-corrected chi connectivity index (χ3v) is 4.25. The topological polar surface area (TPSA) is 66.5 Å². The highest BCUT2D eigenvalue weighted by atomic mass is 32.2. The van der Waals surface area contributed by atoms with E-state index >= 15 is 0 Å². The zero-order chi connectivity index (χ0) is 13.7. The van der Waals surface area contributed by atoms with Gasteiger partial charge in [0.05, 0.1) is 11.3 Å². The molecule has 0 spiro atoms. The van der Waals surface area contributed by atoms with Crippen molar-refractivity contribution in [3.05, 3.63) is 0 Å². The molecule has 0 aromatic rings. The third kappa shape index (κ3) is 3.55. The summed E-state index contributed by atoms with van der Waals surface area (Å²) in [5.74, 6) is 0.371. The summed E-state index contributed by atoms with van der Waals surface area (Å²) < 4.78 is 0. The Morgan fingerprint density at radius 1 is 1.56 bits per heavy atom. The summed E-state index contributed by atoms with van der Waals surface area (Å²) in [6.07, 6.45) is 1.04. The van der Waals surface area contributed by atoms with Gasteiger partial charge in [-0.1, -0.05) is 6.92 Å². The van der Waals surface area contributed by atoms with Crippen molar-refractivity contribution in [1.29, 1.82) is 0 Å². The lowest BCUT2D eigenvalue weighted by atomic mass is 10.2. The van der Waals surface area contributed by atoms with Gasteiger partial charge in [0.1, 0.15) is 5.78 Å². The highest BCUT2D eigenvalue weighted by Gasteiger charge is 2.38. The van der Waals surface area contributed by atoms with Gasteiger partial charge < -0.3 is 5.32 Å². The van der Waals surface area contributed by atoms with E-state index in [1.54, 1.807) is 7.05 Å². The molecule has 5 nitrogen and oxygen atoms in total. The summed E-state index contributed by atoms with van der Waals surface area (Å²) in [5.41, 5.74) is 0. The van der Waals surface area contributed by atoms with Crippen LogP contribution in [0.15, 0.2) is 0 Å². The van der Waals surface area contributed by atoms with Gasteiger partial charge in [0, 0.05) is 18.7 Å². The number of nitrogens with one attached hydrogen (secondary N) is 1. The molecular weight excluding hydrogens is 252 g/mol. The molecule has 2 atom stereocenters. The van der Waals surface area contributed by atoms with Crippen LogP contribution in [0.25, 0.3) is 0 Å². The van der Waals surface area contributed by atoms with E-state index in [1.165, 1.54) is 23.6 Å². The van der Waals surface area contributed by atoms with Gasteiger partial charge >= 0.3 is 0 Å². The maximum absolute atomic E-state index is 12.0. The van der Waals surface area contributed by atoms with Crippen LogP contribution in [0.3, 0.4) is 0 Å². The number of imide groups is 1. The van der Waals surface area contributed by atoms with E-state index in [1.807, 2.05) is 6.92 Å². The number of rotatable bonds is 7. The summed E-state index contributed by atoms with van der Waals surface area (Å²) in [6, 6.07) is -0.252. The largest absolute Gasteiger partial charge is 0.310 e. The average Bonchev–Trinajstić information content (AvgIpc) is 2.58. The van der Waals surface area contributed by atoms with Gasteiger partial charge in [-0.3, -0.25) is 19.3 Å². The molecule has 0 aromatic heterocycles.